The van der Waals surface area contributed by atoms with Crippen molar-refractivity contribution in [2.75, 3.05) is 25.1 Å². The molecule has 0 aromatic heterocycles. The van der Waals surface area contributed by atoms with E-state index in [4.69, 9.17) is 0 Å². The van der Waals surface area contributed by atoms with Crippen LogP contribution in [0, 0.1) is 0 Å². The number of hydrogen-bond acceptors (Lipinski definition) is 4. The molecular formula is C14H22N2O4S2. The molecule has 1 aromatic rings. The fraction of sp³-hybridized carbons (Fsp3) is 0.571. The van der Waals surface area contributed by atoms with Crippen LogP contribution < -0.4 is 4.72 Å². The maximum atomic E-state index is 11.9. The summed E-state index contributed by atoms with van der Waals surface area (Å²) in [5.74, 6) is -0.000678. The average Bonchev–Trinajstić information content (AvgIpc) is 3.26. The predicted molar refractivity (Wildman–Crippen MR) is 86.5 cm³/mol. The highest BCUT2D eigenvalue weighted by molar-refractivity contribution is 7.89. The fourth-order valence-corrected chi connectivity index (χ4v) is 4.49. The Balaban J connectivity index is 1.79. The lowest BCUT2D eigenvalue weighted by Crippen LogP contribution is -2.40. The van der Waals surface area contributed by atoms with E-state index >= 15 is 0 Å². The molecule has 1 N–H and O–H groups in total. The van der Waals surface area contributed by atoms with Gasteiger partial charge in [-0.2, -0.15) is 4.31 Å². The van der Waals surface area contributed by atoms with E-state index in [1.807, 2.05) is 30.3 Å². The van der Waals surface area contributed by atoms with Gasteiger partial charge in [0.25, 0.3) is 0 Å². The molecule has 1 aliphatic rings. The second-order valence-electron chi connectivity index (χ2n) is 5.55. The molecule has 1 aliphatic carbocycles. The molecule has 0 saturated heterocycles. The van der Waals surface area contributed by atoms with Crippen molar-refractivity contribution in [3.63, 3.8) is 0 Å². The highest BCUT2D eigenvalue weighted by Gasteiger charge is 2.34. The van der Waals surface area contributed by atoms with E-state index in [2.05, 4.69) is 4.72 Å². The van der Waals surface area contributed by atoms with E-state index in [0.717, 1.165) is 24.7 Å². The molecule has 0 heterocycles. The summed E-state index contributed by atoms with van der Waals surface area (Å²) in [6.07, 6.45) is 3.31. The van der Waals surface area contributed by atoms with Gasteiger partial charge in [0.05, 0.1) is 12.0 Å². The van der Waals surface area contributed by atoms with Crippen molar-refractivity contribution in [3.05, 3.63) is 35.9 Å². The molecule has 2 rings (SSSR count). The summed E-state index contributed by atoms with van der Waals surface area (Å²) in [6.45, 7) is 0.300. The van der Waals surface area contributed by atoms with Gasteiger partial charge in [0.1, 0.15) is 0 Å². The van der Waals surface area contributed by atoms with Crippen LogP contribution in [0.2, 0.25) is 0 Å². The number of rotatable bonds is 9. The molecule has 0 spiro atoms. The lowest BCUT2D eigenvalue weighted by molar-refractivity contribution is 0.410. The van der Waals surface area contributed by atoms with Gasteiger partial charge in [-0.25, -0.2) is 21.6 Å². The Morgan fingerprint density at radius 2 is 1.77 bits per heavy atom. The van der Waals surface area contributed by atoms with E-state index in [-0.39, 0.29) is 24.9 Å². The van der Waals surface area contributed by atoms with Crippen molar-refractivity contribution in [1.29, 1.82) is 0 Å². The molecule has 0 radical (unpaired) electrons. The van der Waals surface area contributed by atoms with E-state index in [9.17, 15) is 16.8 Å². The summed E-state index contributed by atoms with van der Waals surface area (Å²) in [4.78, 5) is 0. The molecule has 6 nitrogen and oxygen atoms in total. The number of benzene rings is 1. The summed E-state index contributed by atoms with van der Waals surface area (Å²) < 4.78 is 51.0. The first-order chi connectivity index (χ1) is 10.3. The Hall–Kier alpha value is -0.960. The first-order valence-corrected chi connectivity index (χ1v) is 10.8. The predicted octanol–water partition coefficient (Wildman–Crippen LogP) is 0.573. The topological polar surface area (TPSA) is 83.6 Å². The number of hydrogen-bond donors (Lipinski definition) is 1. The van der Waals surface area contributed by atoms with Crippen LogP contribution in [0.5, 0.6) is 0 Å². The van der Waals surface area contributed by atoms with Crippen molar-refractivity contribution >= 4 is 20.0 Å². The second kappa shape index (κ2) is 7.08. The van der Waals surface area contributed by atoms with Gasteiger partial charge >= 0.3 is 0 Å². The monoisotopic (exact) mass is 346 g/mol. The van der Waals surface area contributed by atoms with Crippen molar-refractivity contribution in [3.8, 4) is 0 Å². The molecular weight excluding hydrogens is 324 g/mol. The molecule has 0 bridgehead atoms. The van der Waals surface area contributed by atoms with Gasteiger partial charge in [-0.15, -0.1) is 0 Å². The fourth-order valence-electron chi connectivity index (χ4n) is 2.26. The van der Waals surface area contributed by atoms with Gasteiger partial charge in [-0.05, 0) is 24.8 Å². The third kappa shape index (κ3) is 5.68. The Morgan fingerprint density at radius 1 is 1.14 bits per heavy atom. The van der Waals surface area contributed by atoms with Crippen LogP contribution in [0.1, 0.15) is 18.4 Å². The van der Waals surface area contributed by atoms with Crippen LogP contribution >= 0.6 is 0 Å². The lowest BCUT2D eigenvalue weighted by atomic mass is 10.2. The zero-order valence-electron chi connectivity index (χ0n) is 12.6. The summed E-state index contributed by atoms with van der Waals surface area (Å²) in [6, 6.07) is 9.43. The van der Waals surface area contributed by atoms with Crippen LogP contribution in [-0.2, 0) is 26.5 Å². The standard InChI is InChI=1S/C14H22N2O4S2/c1-21(17,18)16(14-7-8-14)11-10-15-22(19,20)12-9-13-5-3-2-4-6-13/h2-6,14-15H,7-12H2,1H3. The largest absolute Gasteiger partial charge is 0.214 e. The smallest absolute Gasteiger partial charge is 0.211 e. The van der Waals surface area contributed by atoms with Crippen LogP contribution in [-0.4, -0.2) is 52.3 Å². The van der Waals surface area contributed by atoms with Crippen LogP contribution in [0.15, 0.2) is 30.3 Å². The summed E-state index contributed by atoms with van der Waals surface area (Å²) >= 11 is 0. The lowest BCUT2D eigenvalue weighted by Gasteiger charge is -2.19. The molecule has 0 aliphatic heterocycles. The normalized spacial score (nSPS) is 16.1. The van der Waals surface area contributed by atoms with Gasteiger partial charge in [0.2, 0.25) is 20.0 Å². The maximum absolute atomic E-state index is 11.9. The van der Waals surface area contributed by atoms with Crippen molar-refractivity contribution in [2.45, 2.75) is 25.3 Å². The quantitative estimate of drug-likeness (QED) is 0.709. The first kappa shape index (κ1) is 17.4. The zero-order valence-corrected chi connectivity index (χ0v) is 14.2. The van der Waals surface area contributed by atoms with Crippen molar-refractivity contribution in [2.24, 2.45) is 0 Å². The molecule has 0 unspecified atom stereocenters. The minimum Gasteiger partial charge on any atom is -0.214 e. The molecule has 1 fully saturated rings. The van der Waals surface area contributed by atoms with Crippen molar-refractivity contribution in [1.82, 2.24) is 9.03 Å². The molecule has 0 amide bonds. The average molecular weight is 346 g/mol. The van der Waals surface area contributed by atoms with Gasteiger partial charge in [0, 0.05) is 19.1 Å². The van der Waals surface area contributed by atoms with Crippen LogP contribution in [0.25, 0.3) is 0 Å². The third-order valence-corrected chi connectivity index (χ3v) is 6.25. The Morgan fingerprint density at radius 3 is 2.32 bits per heavy atom. The molecule has 0 atom stereocenters. The SMILES string of the molecule is CS(=O)(=O)N(CCNS(=O)(=O)CCc1ccccc1)C1CC1. The number of nitrogens with zero attached hydrogens (tertiary/aromatic N) is 1. The number of nitrogens with one attached hydrogen (secondary N) is 1. The van der Waals surface area contributed by atoms with Gasteiger partial charge in [-0.3, -0.25) is 0 Å². The summed E-state index contributed by atoms with van der Waals surface area (Å²) in [5, 5.41) is 0. The van der Waals surface area contributed by atoms with Gasteiger partial charge < -0.3 is 0 Å². The Bertz CT molecular complexity index is 683. The first-order valence-electron chi connectivity index (χ1n) is 7.26. The maximum Gasteiger partial charge on any atom is 0.211 e. The van der Waals surface area contributed by atoms with Gasteiger partial charge in [-0.1, -0.05) is 30.3 Å². The molecule has 1 aromatic carbocycles. The highest BCUT2D eigenvalue weighted by atomic mass is 32.2. The molecule has 1 saturated carbocycles. The molecule has 22 heavy (non-hydrogen) atoms. The van der Waals surface area contributed by atoms with Crippen LogP contribution in [0.4, 0.5) is 0 Å². The minimum absolute atomic E-state index is 0.000678. The van der Waals surface area contributed by atoms with Crippen molar-refractivity contribution < 1.29 is 16.8 Å². The Kier molecular flexibility index (Phi) is 5.60. The van der Waals surface area contributed by atoms with Crippen LogP contribution in [0.3, 0.4) is 0 Å². The Labute approximate surface area is 132 Å². The van der Waals surface area contributed by atoms with Gasteiger partial charge in [0.15, 0.2) is 0 Å². The molecule has 124 valence electrons. The summed E-state index contributed by atoms with van der Waals surface area (Å²) in [7, 11) is -6.67. The third-order valence-electron chi connectivity index (χ3n) is 3.54. The van der Waals surface area contributed by atoms with E-state index in [1.54, 1.807) is 0 Å². The zero-order chi connectivity index (χ0) is 16.2. The van der Waals surface area contributed by atoms with E-state index in [1.165, 1.54) is 4.31 Å². The van der Waals surface area contributed by atoms with E-state index in [0.29, 0.717) is 6.42 Å². The molecule has 8 heteroatoms. The summed E-state index contributed by atoms with van der Waals surface area (Å²) in [5.41, 5.74) is 0.962. The minimum atomic E-state index is -3.40. The number of sulfonamides is 2. The second-order valence-corrected chi connectivity index (χ2v) is 9.42. The van der Waals surface area contributed by atoms with E-state index < -0.39 is 20.0 Å². The number of aryl methyl sites for hydroxylation is 1. The highest BCUT2D eigenvalue weighted by Crippen LogP contribution is 2.28.